The van der Waals surface area contributed by atoms with Gasteiger partial charge in [-0.25, -0.2) is 4.79 Å². The summed E-state index contributed by atoms with van der Waals surface area (Å²) in [5.74, 6) is 0.120. The molecule has 0 saturated carbocycles. The van der Waals surface area contributed by atoms with Crippen molar-refractivity contribution >= 4 is 28.9 Å². The van der Waals surface area contributed by atoms with E-state index in [1.807, 2.05) is 49.4 Å². The number of benzene rings is 2. The van der Waals surface area contributed by atoms with E-state index >= 15 is 0 Å². The van der Waals surface area contributed by atoms with Gasteiger partial charge in [0.2, 0.25) is 5.91 Å². The van der Waals surface area contributed by atoms with E-state index in [9.17, 15) is 14.4 Å². The molecule has 4 rings (SSSR count). The van der Waals surface area contributed by atoms with Gasteiger partial charge in [0.15, 0.2) is 0 Å². The van der Waals surface area contributed by atoms with Crippen molar-refractivity contribution < 1.29 is 23.9 Å². The van der Waals surface area contributed by atoms with Gasteiger partial charge in [0.25, 0.3) is 5.24 Å². The molecule has 1 fully saturated rings. The molecule has 3 aromatic rings. The standard InChI is InChI=1S/C26H24N2O5S/c1-17(33-25(30)19-5-3-2-4-6-19)20-9-10-21(27-16-20)13-14-32-22-11-7-18(8-12-22)15-23-24(29)28-26(31)34-23/h2-12,16-17,23H,13-15H2,1H3,(H,28,29,31)/t17?,23-/m1/s1. The van der Waals surface area contributed by atoms with Crippen LogP contribution >= 0.6 is 11.8 Å². The Hall–Kier alpha value is -3.65. The second-order valence-corrected chi connectivity index (χ2v) is 9.00. The fraction of sp³-hybridized carbons (Fsp3) is 0.231. The first-order valence-electron chi connectivity index (χ1n) is 10.9. The van der Waals surface area contributed by atoms with E-state index in [0.29, 0.717) is 25.0 Å². The molecule has 8 heteroatoms. The Morgan fingerprint density at radius 2 is 1.82 bits per heavy atom. The molecule has 0 bridgehead atoms. The third kappa shape index (κ3) is 6.23. The zero-order valence-corrected chi connectivity index (χ0v) is 19.4. The Balaban J connectivity index is 1.22. The average molecular weight is 477 g/mol. The van der Waals surface area contributed by atoms with Crippen LogP contribution in [0.5, 0.6) is 5.75 Å². The maximum Gasteiger partial charge on any atom is 0.338 e. The Morgan fingerprint density at radius 3 is 2.47 bits per heavy atom. The Bertz CT molecular complexity index is 1150. The quantitative estimate of drug-likeness (QED) is 0.454. The van der Waals surface area contributed by atoms with Crippen LogP contribution in [-0.2, 0) is 22.4 Å². The molecular formula is C26H24N2O5S. The fourth-order valence-electron chi connectivity index (χ4n) is 3.43. The number of amides is 2. The number of aromatic nitrogens is 1. The van der Waals surface area contributed by atoms with E-state index < -0.39 is 6.10 Å². The SMILES string of the molecule is CC(OC(=O)c1ccccc1)c1ccc(CCOc2ccc(C[C@H]3SC(=O)NC3=O)cc2)nc1. The van der Waals surface area contributed by atoms with Crippen LogP contribution in [-0.4, -0.2) is 34.0 Å². The minimum Gasteiger partial charge on any atom is -0.493 e. The predicted octanol–water partition coefficient (Wildman–Crippen LogP) is 4.52. The lowest BCUT2D eigenvalue weighted by atomic mass is 10.1. The van der Waals surface area contributed by atoms with Crippen molar-refractivity contribution in [2.45, 2.75) is 31.1 Å². The van der Waals surface area contributed by atoms with Crippen LogP contribution in [0.15, 0.2) is 72.9 Å². The Labute approximate surface area is 201 Å². The summed E-state index contributed by atoms with van der Waals surface area (Å²) in [5, 5.41) is 1.63. The maximum atomic E-state index is 12.2. The van der Waals surface area contributed by atoms with Crippen molar-refractivity contribution in [1.82, 2.24) is 10.3 Å². The Kier molecular flexibility index (Phi) is 7.59. The zero-order valence-electron chi connectivity index (χ0n) is 18.6. The molecule has 174 valence electrons. The van der Waals surface area contributed by atoms with Crippen molar-refractivity contribution in [2.75, 3.05) is 6.61 Å². The summed E-state index contributed by atoms with van der Waals surface area (Å²) < 4.78 is 11.3. The first kappa shape index (κ1) is 23.5. The van der Waals surface area contributed by atoms with Crippen LogP contribution in [0, 0.1) is 0 Å². The first-order chi connectivity index (χ1) is 16.5. The molecule has 2 heterocycles. The van der Waals surface area contributed by atoms with Crippen LogP contribution in [0.4, 0.5) is 4.79 Å². The summed E-state index contributed by atoms with van der Waals surface area (Å²) in [7, 11) is 0. The molecule has 0 radical (unpaired) electrons. The second-order valence-electron chi connectivity index (χ2n) is 7.83. The lowest BCUT2D eigenvalue weighted by Crippen LogP contribution is -2.25. The molecule has 0 spiro atoms. The Morgan fingerprint density at radius 1 is 1.06 bits per heavy atom. The van der Waals surface area contributed by atoms with Crippen LogP contribution in [0.2, 0.25) is 0 Å². The third-order valence-electron chi connectivity index (χ3n) is 5.35. The molecule has 34 heavy (non-hydrogen) atoms. The van der Waals surface area contributed by atoms with Crippen LogP contribution in [0.25, 0.3) is 0 Å². The monoisotopic (exact) mass is 476 g/mol. The number of nitrogens with zero attached hydrogens (tertiary/aromatic N) is 1. The van der Waals surface area contributed by atoms with Gasteiger partial charge in [-0.05, 0) is 49.2 Å². The van der Waals surface area contributed by atoms with Crippen LogP contribution < -0.4 is 10.1 Å². The van der Waals surface area contributed by atoms with Gasteiger partial charge in [-0.15, -0.1) is 0 Å². The van der Waals surface area contributed by atoms with Gasteiger partial charge in [-0.1, -0.05) is 48.2 Å². The van der Waals surface area contributed by atoms with Crippen LogP contribution in [0.1, 0.15) is 40.2 Å². The highest BCUT2D eigenvalue weighted by Gasteiger charge is 2.31. The molecule has 1 aliphatic rings. The number of hydrogen-bond donors (Lipinski definition) is 1. The van der Waals surface area contributed by atoms with E-state index in [0.717, 1.165) is 34.3 Å². The number of carbonyl (C=O) groups is 3. The number of thioether (sulfide) groups is 1. The minimum absolute atomic E-state index is 0.238. The van der Waals surface area contributed by atoms with Gasteiger partial charge in [-0.3, -0.25) is 19.9 Å². The number of carbonyl (C=O) groups excluding carboxylic acids is 3. The highest BCUT2D eigenvalue weighted by molar-refractivity contribution is 8.15. The van der Waals surface area contributed by atoms with Gasteiger partial charge in [0, 0.05) is 23.9 Å². The molecule has 0 aliphatic carbocycles. The van der Waals surface area contributed by atoms with Crippen molar-refractivity contribution in [2.24, 2.45) is 0 Å². The first-order valence-corrected chi connectivity index (χ1v) is 11.8. The van der Waals surface area contributed by atoms with Crippen molar-refractivity contribution in [3.8, 4) is 5.75 Å². The van der Waals surface area contributed by atoms with Crippen molar-refractivity contribution in [3.63, 3.8) is 0 Å². The average Bonchev–Trinajstić information content (AvgIpc) is 3.17. The molecule has 1 aliphatic heterocycles. The number of nitrogens with one attached hydrogen (secondary N) is 1. The lowest BCUT2D eigenvalue weighted by Gasteiger charge is -2.14. The largest absolute Gasteiger partial charge is 0.493 e. The van der Waals surface area contributed by atoms with Crippen molar-refractivity contribution in [3.05, 3.63) is 95.3 Å². The van der Waals surface area contributed by atoms with E-state index in [-0.39, 0.29) is 22.4 Å². The summed E-state index contributed by atoms with van der Waals surface area (Å²) in [6.45, 7) is 2.28. The van der Waals surface area contributed by atoms with Crippen LogP contribution in [0.3, 0.4) is 0 Å². The van der Waals surface area contributed by atoms with Gasteiger partial charge in [-0.2, -0.15) is 0 Å². The lowest BCUT2D eigenvalue weighted by molar-refractivity contribution is -0.118. The van der Waals surface area contributed by atoms with E-state index in [1.54, 1.807) is 30.5 Å². The van der Waals surface area contributed by atoms with E-state index in [4.69, 9.17) is 9.47 Å². The van der Waals surface area contributed by atoms with Gasteiger partial charge < -0.3 is 9.47 Å². The van der Waals surface area contributed by atoms with Crippen molar-refractivity contribution in [1.29, 1.82) is 0 Å². The highest BCUT2D eigenvalue weighted by atomic mass is 32.2. The summed E-state index contributed by atoms with van der Waals surface area (Å²) in [6.07, 6.45) is 2.43. The molecule has 1 N–H and O–H groups in total. The summed E-state index contributed by atoms with van der Waals surface area (Å²) in [4.78, 5) is 39.6. The second kappa shape index (κ2) is 11.0. The van der Waals surface area contributed by atoms with Gasteiger partial charge in [0.05, 0.1) is 17.4 Å². The summed E-state index contributed by atoms with van der Waals surface area (Å²) in [6, 6.07) is 20.2. The molecule has 1 saturated heterocycles. The highest BCUT2D eigenvalue weighted by Crippen LogP contribution is 2.24. The predicted molar refractivity (Wildman–Crippen MR) is 129 cm³/mol. The molecule has 1 unspecified atom stereocenters. The summed E-state index contributed by atoms with van der Waals surface area (Å²) >= 11 is 1.03. The molecule has 2 atom stereocenters. The van der Waals surface area contributed by atoms with E-state index in [1.165, 1.54) is 0 Å². The number of imide groups is 1. The molecule has 2 amide bonds. The number of pyridine rings is 1. The number of ether oxygens (including phenoxy) is 2. The molecule has 1 aromatic heterocycles. The normalized spacial score (nSPS) is 16.1. The molecular weight excluding hydrogens is 452 g/mol. The minimum atomic E-state index is -0.407. The number of esters is 1. The third-order valence-corrected chi connectivity index (χ3v) is 6.33. The summed E-state index contributed by atoms with van der Waals surface area (Å²) in [5.41, 5.74) is 3.17. The number of hydrogen-bond acceptors (Lipinski definition) is 7. The van der Waals surface area contributed by atoms with Gasteiger partial charge in [0.1, 0.15) is 11.9 Å². The zero-order chi connectivity index (χ0) is 23.9. The van der Waals surface area contributed by atoms with Gasteiger partial charge >= 0.3 is 5.97 Å². The topological polar surface area (TPSA) is 94.6 Å². The maximum absolute atomic E-state index is 12.2. The number of rotatable bonds is 9. The van der Waals surface area contributed by atoms with E-state index in [2.05, 4.69) is 10.3 Å². The molecule has 7 nitrogen and oxygen atoms in total. The molecule has 2 aromatic carbocycles. The smallest absolute Gasteiger partial charge is 0.338 e. The fourth-order valence-corrected chi connectivity index (χ4v) is 4.29.